The van der Waals surface area contributed by atoms with E-state index in [9.17, 15) is 22.8 Å². The SMILES string of the molecule is O=C(O)[C@@H]1C[C@H]1C(=O)Nc1ccc(-c2noc(C(F)(F)F)n2)cc1. The number of rotatable bonds is 4. The molecule has 0 aliphatic heterocycles. The maximum Gasteiger partial charge on any atom is 0.471 e. The van der Waals surface area contributed by atoms with E-state index in [1.165, 1.54) is 24.3 Å². The Morgan fingerprint density at radius 1 is 1.21 bits per heavy atom. The molecule has 0 unspecified atom stereocenters. The average Bonchev–Trinajstić information content (AvgIpc) is 3.16. The lowest BCUT2D eigenvalue weighted by Crippen LogP contribution is -2.16. The van der Waals surface area contributed by atoms with Crippen molar-refractivity contribution in [3.8, 4) is 11.4 Å². The maximum atomic E-state index is 12.4. The standard InChI is InChI=1S/C14H10F3N3O4/c15-14(16,17)13-19-10(20-24-13)6-1-3-7(4-2-6)18-11(21)8-5-9(8)12(22)23/h1-4,8-9H,5H2,(H,18,21)(H,22,23)/t8-,9-/m1/s1. The lowest BCUT2D eigenvalue weighted by Gasteiger charge is -2.04. The Hall–Kier alpha value is -2.91. The van der Waals surface area contributed by atoms with Crippen molar-refractivity contribution in [1.29, 1.82) is 0 Å². The number of nitrogens with one attached hydrogen (secondary N) is 1. The molecule has 2 N–H and O–H groups in total. The zero-order chi connectivity index (χ0) is 17.5. The third kappa shape index (κ3) is 3.21. The van der Waals surface area contributed by atoms with E-state index in [-0.39, 0.29) is 11.4 Å². The normalized spacial score (nSPS) is 19.8. The van der Waals surface area contributed by atoms with Crippen LogP contribution in [0.4, 0.5) is 18.9 Å². The van der Waals surface area contributed by atoms with Crippen molar-refractivity contribution in [3.05, 3.63) is 30.2 Å². The zero-order valence-electron chi connectivity index (χ0n) is 11.9. The van der Waals surface area contributed by atoms with Gasteiger partial charge in [0.1, 0.15) is 0 Å². The van der Waals surface area contributed by atoms with Gasteiger partial charge in [-0.3, -0.25) is 9.59 Å². The highest BCUT2D eigenvalue weighted by atomic mass is 19.4. The molecule has 126 valence electrons. The number of aliphatic carboxylic acids is 1. The second-order valence-corrected chi connectivity index (χ2v) is 5.27. The lowest BCUT2D eigenvalue weighted by molar-refractivity contribution is -0.159. The Morgan fingerprint density at radius 2 is 1.88 bits per heavy atom. The number of hydrogen-bond acceptors (Lipinski definition) is 5. The van der Waals surface area contributed by atoms with Crippen molar-refractivity contribution < 1.29 is 32.4 Å². The summed E-state index contributed by atoms with van der Waals surface area (Å²) in [6.07, 6.45) is -4.42. The highest BCUT2D eigenvalue weighted by molar-refractivity contribution is 5.98. The van der Waals surface area contributed by atoms with Crippen LogP contribution in [0.1, 0.15) is 12.3 Å². The number of alkyl halides is 3. The summed E-state index contributed by atoms with van der Waals surface area (Å²) in [5.41, 5.74) is 0.668. The molecule has 3 rings (SSSR count). The van der Waals surface area contributed by atoms with Crippen molar-refractivity contribution in [2.45, 2.75) is 12.6 Å². The number of carboxylic acids is 1. The van der Waals surface area contributed by atoms with Crippen molar-refractivity contribution >= 4 is 17.6 Å². The van der Waals surface area contributed by atoms with Gasteiger partial charge in [0, 0.05) is 11.3 Å². The van der Waals surface area contributed by atoms with Crippen LogP contribution in [0.3, 0.4) is 0 Å². The molecule has 1 aliphatic rings. The molecular formula is C14H10F3N3O4. The summed E-state index contributed by atoms with van der Waals surface area (Å²) < 4.78 is 41.4. The van der Waals surface area contributed by atoms with E-state index >= 15 is 0 Å². The van der Waals surface area contributed by atoms with E-state index in [4.69, 9.17) is 5.11 Å². The summed E-state index contributed by atoms with van der Waals surface area (Å²) in [5.74, 6) is -4.31. The van der Waals surface area contributed by atoms with Gasteiger partial charge in [-0.2, -0.15) is 18.2 Å². The summed E-state index contributed by atoms with van der Waals surface area (Å²) in [6.45, 7) is 0. The number of carbonyl (C=O) groups is 2. The topological polar surface area (TPSA) is 105 Å². The molecule has 1 aliphatic carbocycles. The van der Waals surface area contributed by atoms with Crippen molar-refractivity contribution in [2.75, 3.05) is 5.32 Å². The van der Waals surface area contributed by atoms with Gasteiger partial charge in [-0.15, -0.1) is 0 Å². The number of benzene rings is 1. The molecule has 1 amide bonds. The second kappa shape index (κ2) is 5.62. The van der Waals surface area contributed by atoms with Crippen LogP contribution >= 0.6 is 0 Å². The fraction of sp³-hybridized carbons (Fsp3) is 0.286. The molecule has 1 saturated carbocycles. The quantitative estimate of drug-likeness (QED) is 0.885. The van der Waals surface area contributed by atoms with Crippen molar-refractivity contribution in [3.63, 3.8) is 0 Å². The van der Waals surface area contributed by atoms with Gasteiger partial charge in [-0.05, 0) is 30.7 Å². The van der Waals surface area contributed by atoms with Gasteiger partial charge < -0.3 is 14.9 Å². The van der Waals surface area contributed by atoms with Crippen molar-refractivity contribution in [1.82, 2.24) is 10.1 Å². The molecule has 2 aromatic rings. The van der Waals surface area contributed by atoms with E-state index in [0.717, 1.165) is 0 Å². The minimum Gasteiger partial charge on any atom is -0.481 e. The molecule has 1 fully saturated rings. The molecule has 0 spiro atoms. The Balaban J connectivity index is 1.67. The molecule has 10 heteroatoms. The summed E-state index contributed by atoms with van der Waals surface area (Å²) >= 11 is 0. The molecule has 1 aromatic heterocycles. The highest BCUT2D eigenvalue weighted by Gasteiger charge is 2.48. The molecule has 24 heavy (non-hydrogen) atoms. The van der Waals surface area contributed by atoms with E-state index in [1.807, 2.05) is 0 Å². The first-order valence-electron chi connectivity index (χ1n) is 6.80. The number of carbonyl (C=O) groups excluding carboxylic acids is 1. The predicted octanol–water partition coefficient (Wildman–Crippen LogP) is 2.41. The van der Waals surface area contributed by atoms with Gasteiger partial charge in [0.2, 0.25) is 11.7 Å². The molecule has 0 bridgehead atoms. The fourth-order valence-electron chi connectivity index (χ4n) is 2.15. The molecule has 1 aromatic carbocycles. The fourth-order valence-corrected chi connectivity index (χ4v) is 2.15. The first-order chi connectivity index (χ1) is 11.3. The maximum absolute atomic E-state index is 12.4. The van der Waals surface area contributed by atoms with E-state index < -0.39 is 35.8 Å². The number of carboxylic acid groups (broad SMARTS) is 1. The number of nitrogens with zero attached hydrogens (tertiary/aromatic N) is 2. The van der Waals surface area contributed by atoms with Gasteiger partial charge in [-0.1, -0.05) is 5.16 Å². The van der Waals surface area contributed by atoms with Gasteiger partial charge in [-0.25, -0.2) is 0 Å². The van der Waals surface area contributed by atoms with Gasteiger partial charge >= 0.3 is 18.0 Å². The van der Waals surface area contributed by atoms with E-state index in [0.29, 0.717) is 12.1 Å². The monoisotopic (exact) mass is 341 g/mol. The van der Waals surface area contributed by atoms with Gasteiger partial charge in [0.15, 0.2) is 0 Å². The zero-order valence-corrected chi connectivity index (χ0v) is 11.9. The Bertz CT molecular complexity index is 785. The molecular weight excluding hydrogens is 331 g/mol. The van der Waals surface area contributed by atoms with Gasteiger partial charge in [0.25, 0.3) is 0 Å². The minimum atomic E-state index is -4.72. The summed E-state index contributed by atoms with van der Waals surface area (Å²) in [5, 5.41) is 14.6. The number of amides is 1. The first kappa shape index (κ1) is 16.0. The van der Waals surface area contributed by atoms with Crippen LogP contribution in [-0.2, 0) is 15.8 Å². The predicted molar refractivity (Wildman–Crippen MR) is 72.6 cm³/mol. The Kier molecular flexibility index (Phi) is 3.74. The summed E-state index contributed by atoms with van der Waals surface area (Å²) in [6, 6.07) is 5.74. The molecule has 0 saturated heterocycles. The second-order valence-electron chi connectivity index (χ2n) is 5.27. The Labute approximate surface area is 132 Å². The van der Waals surface area contributed by atoms with Crippen LogP contribution in [0, 0.1) is 11.8 Å². The van der Waals surface area contributed by atoms with E-state index in [2.05, 4.69) is 20.0 Å². The van der Waals surface area contributed by atoms with Crippen LogP contribution in [0.25, 0.3) is 11.4 Å². The molecule has 2 atom stereocenters. The van der Waals surface area contributed by atoms with Crippen LogP contribution in [0.2, 0.25) is 0 Å². The summed E-state index contributed by atoms with van der Waals surface area (Å²) in [4.78, 5) is 25.8. The third-order valence-corrected chi connectivity index (χ3v) is 3.52. The Morgan fingerprint density at radius 3 is 2.38 bits per heavy atom. The van der Waals surface area contributed by atoms with Crippen LogP contribution < -0.4 is 5.32 Å². The third-order valence-electron chi connectivity index (χ3n) is 3.52. The molecule has 1 heterocycles. The van der Waals surface area contributed by atoms with Crippen molar-refractivity contribution in [2.24, 2.45) is 11.8 Å². The van der Waals surface area contributed by atoms with Gasteiger partial charge in [0.05, 0.1) is 11.8 Å². The number of anilines is 1. The average molecular weight is 341 g/mol. The smallest absolute Gasteiger partial charge is 0.471 e. The number of halogens is 3. The highest BCUT2D eigenvalue weighted by Crippen LogP contribution is 2.39. The number of hydrogen-bond donors (Lipinski definition) is 2. The van der Waals surface area contributed by atoms with Crippen LogP contribution in [0.5, 0.6) is 0 Å². The first-order valence-corrected chi connectivity index (χ1v) is 6.80. The van der Waals surface area contributed by atoms with Crippen LogP contribution in [-0.4, -0.2) is 27.1 Å². The minimum absolute atomic E-state index is 0.228. The molecule has 0 radical (unpaired) electrons. The molecule has 7 nitrogen and oxygen atoms in total. The number of aromatic nitrogens is 2. The lowest BCUT2D eigenvalue weighted by atomic mass is 10.2. The summed E-state index contributed by atoms with van der Waals surface area (Å²) in [7, 11) is 0. The van der Waals surface area contributed by atoms with E-state index in [1.54, 1.807) is 0 Å². The van der Waals surface area contributed by atoms with Crippen LogP contribution in [0.15, 0.2) is 28.8 Å². The largest absolute Gasteiger partial charge is 0.481 e.